The molecule has 0 amide bonds. The standard InChI is InChI=1S/C20H23BF2O4/c1-19(2)20(3,4)27-21(26-19)15-10-11-16(18(23)17(15)22)25-12-13-6-8-14(24-5)9-7-13/h6-11H,12H2,1-5H3. The number of halogens is 2. The molecule has 1 aliphatic heterocycles. The van der Waals surface area contributed by atoms with Crippen molar-refractivity contribution in [1.29, 1.82) is 0 Å². The van der Waals surface area contributed by atoms with Crippen LogP contribution in [-0.2, 0) is 15.9 Å². The van der Waals surface area contributed by atoms with Gasteiger partial charge in [-0.05, 0) is 51.5 Å². The zero-order chi connectivity index (χ0) is 19.8. The van der Waals surface area contributed by atoms with Gasteiger partial charge in [0.05, 0.1) is 18.3 Å². The largest absolute Gasteiger partial charge is 0.497 e. The first-order valence-electron chi connectivity index (χ1n) is 8.74. The molecule has 0 atom stereocenters. The number of hydrogen-bond acceptors (Lipinski definition) is 4. The lowest BCUT2D eigenvalue weighted by Gasteiger charge is -2.32. The van der Waals surface area contributed by atoms with Crippen LogP contribution in [0.3, 0.4) is 0 Å². The molecule has 0 aliphatic carbocycles. The smallest absolute Gasteiger partial charge is 0.497 e. The lowest BCUT2D eigenvalue weighted by atomic mass is 9.78. The molecular formula is C20H23BF2O4. The lowest BCUT2D eigenvalue weighted by Crippen LogP contribution is -2.41. The molecule has 3 rings (SSSR count). The highest BCUT2D eigenvalue weighted by Gasteiger charge is 2.52. The zero-order valence-corrected chi connectivity index (χ0v) is 16.1. The minimum atomic E-state index is -1.06. The van der Waals surface area contributed by atoms with E-state index in [1.165, 1.54) is 12.1 Å². The van der Waals surface area contributed by atoms with E-state index in [4.69, 9.17) is 18.8 Å². The molecule has 27 heavy (non-hydrogen) atoms. The summed E-state index contributed by atoms with van der Waals surface area (Å²) in [6.07, 6.45) is 0. The van der Waals surface area contributed by atoms with Crippen LogP contribution in [0.25, 0.3) is 0 Å². The molecule has 144 valence electrons. The molecule has 7 heteroatoms. The molecule has 2 aromatic carbocycles. The Morgan fingerprint density at radius 2 is 1.48 bits per heavy atom. The third-order valence-corrected chi connectivity index (χ3v) is 5.14. The van der Waals surface area contributed by atoms with Gasteiger partial charge in [0.2, 0.25) is 0 Å². The van der Waals surface area contributed by atoms with E-state index in [0.29, 0.717) is 5.75 Å². The Morgan fingerprint density at radius 1 is 0.889 bits per heavy atom. The summed E-state index contributed by atoms with van der Waals surface area (Å²) in [5, 5.41) is 0. The molecule has 0 radical (unpaired) electrons. The molecular weight excluding hydrogens is 353 g/mol. The van der Waals surface area contributed by atoms with Crippen LogP contribution >= 0.6 is 0 Å². The molecule has 0 unspecified atom stereocenters. The first kappa shape index (κ1) is 19.6. The second kappa shape index (κ2) is 7.13. The highest BCUT2D eigenvalue weighted by Crippen LogP contribution is 2.37. The quantitative estimate of drug-likeness (QED) is 0.743. The second-order valence-corrected chi connectivity index (χ2v) is 7.51. The average Bonchev–Trinajstić information content (AvgIpc) is 2.84. The van der Waals surface area contributed by atoms with Gasteiger partial charge in [0.15, 0.2) is 17.4 Å². The van der Waals surface area contributed by atoms with Crippen molar-refractivity contribution in [3.05, 3.63) is 53.6 Å². The van der Waals surface area contributed by atoms with Gasteiger partial charge in [0, 0.05) is 5.46 Å². The summed E-state index contributed by atoms with van der Waals surface area (Å²) in [6, 6.07) is 9.97. The highest BCUT2D eigenvalue weighted by atomic mass is 19.2. The topological polar surface area (TPSA) is 36.9 Å². The Bertz CT molecular complexity index is 805. The van der Waals surface area contributed by atoms with Crippen LogP contribution in [-0.4, -0.2) is 25.4 Å². The molecule has 1 heterocycles. The minimum absolute atomic E-state index is 0.0166. The highest BCUT2D eigenvalue weighted by molar-refractivity contribution is 6.62. The molecule has 1 saturated heterocycles. The summed E-state index contributed by atoms with van der Waals surface area (Å²) in [6.45, 7) is 7.53. The Labute approximate surface area is 158 Å². The fraction of sp³-hybridized carbons (Fsp3) is 0.400. The molecule has 2 aromatic rings. The van der Waals surface area contributed by atoms with Gasteiger partial charge in [0.1, 0.15) is 12.4 Å². The maximum absolute atomic E-state index is 14.6. The van der Waals surface area contributed by atoms with Crippen molar-refractivity contribution in [3.8, 4) is 11.5 Å². The van der Waals surface area contributed by atoms with Gasteiger partial charge in [-0.1, -0.05) is 18.2 Å². The first-order valence-corrected chi connectivity index (χ1v) is 8.74. The summed E-state index contributed by atoms with van der Waals surface area (Å²) in [4.78, 5) is 0. The van der Waals surface area contributed by atoms with E-state index in [0.717, 1.165) is 5.56 Å². The number of ether oxygens (including phenoxy) is 2. The van der Waals surface area contributed by atoms with E-state index in [1.54, 1.807) is 31.4 Å². The molecule has 0 bridgehead atoms. The monoisotopic (exact) mass is 376 g/mol. The number of methoxy groups -OCH3 is 1. The van der Waals surface area contributed by atoms with Crippen LogP contribution < -0.4 is 14.9 Å². The Kier molecular flexibility index (Phi) is 5.19. The summed E-state index contributed by atoms with van der Waals surface area (Å²) in [5.74, 6) is -1.54. The van der Waals surface area contributed by atoms with Crippen LogP contribution in [0.4, 0.5) is 8.78 Å². The van der Waals surface area contributed by atoms with Crippen molar-refractivity contribution in [1.82, 2.24) is 0 Å². The van der Waals surface area contributed by atoms with Crippen LogP contribution in [0.15, 0.2) is 36.4 Å². The predicted molar refractivity (Wildman–Crippen MR) is 99.4 cm³/mol. The van der Waals surface area contributed by atoms with Gasteiger partial charge in [-0.3, -0.25) is 0 Å². The SMILES string of the molecule is COc1ccc(COc2ccc(B3OC(C)(C)C(C)(C)O3)c(F)c2F)cc1. The van der Waals surface area contributed by atoms with Crippen molar-refractivity contribution in [3.63, 3.8) is 0 Å². The van der Waals surface area contributed by atoms with Crippen LogP contribution in [0, 0.1) is 11.6 Å². The molecule has 1 fully saturated rings. The third-order valence-electron chi connectivity index (χ3n) is 5.14. The van der Waals surface area contributed by atoms with Crippen LogP contribution in [0.2, 0.25) is 0 Å². The molecule has 0 aromatic heterocycles. The average molecular weight is 376 g/mol. The third kappa shape index (κ3) is 3.80. The van der Waals surface area contributed by atoms with Crippen molar-refractivity contribution >= 4 is 12.6 Å². The Hall–Kier alpha value is -2.12. The van der Waals surface area contributed by atoms with E-state index >= 15 is 0 Å². The predicted octanol–water partition coefficient (Wildman–Crippen LogP) is 3.85. The second-order valence-electron chi connectivity index (χ2n) is 7.51. The molecule has 0 N–H and O–H groups in total. The maximum Gasteiger partial charge on any atom is 0.497 e. The lowest BCUT2D eigenvalue weighted by molar-refractivity contribution is 0.00578. The molecule has 1 aliphatic rings. The molecule has 4 nitrogen and oxygen atoms in total. The van der Waals surface area contributed by atoms with Gasteiger partial charge in [-0.2, -0.15) is 4.39 Å². The summed E-state index contributed by atoms with van der Waals surface area (Å²) >= 11 is 0. The Morgan fingerprint density at radius 3 is 2.04 bits per heavy atom. The molecule has 0 saturated carbocycles. The van der Waals surface area contributed by atoms with Gasteiger partial charge < -0.3 is 18.8 Å². The van der Waals surface area contributed by atoms with E-state index in [-0.39, 0.29) is 17.8 Å². The van der Waals surface area contributed by atoms with Crippen molar-refractivity contribution in [2.24, 2.45) is 0 Å². The summed E-state index contributed by atoms with van der Waals surface area (Å²) < 4.78 is 51.2. The summed E-state index contributed by atoms with van der Waals surface area (Å²) in [7, 11) is 0.603. The van der Waals surface area contributed by atoms with Gasteiger partial charge in [-0.15, -0.1) is 0 Å². The molecule has 0 spiro atoms. The number of benzene rings is 2. The fourth-order valence-corrected chi connectivity index (χ4v) is 2.69. The van der Waals surface area contributed by atoms with E-state index in [9.17, 15) is 8.78 Å². The summed E-state index contributed by atoms with van der Waals surface area (Å²) in [5.41, 5.74) is -0.442. The van der Waals surface area contributed by atoms with Crippen molar-refractivity contribution in [2.75, 3.05) is 7.11 Å². The van der Waals surface area contributed by atoms with E-state index in [2.05, 4.69) is 0 Å². The fourth-order valence-electron chi connectivity index (χ4n) is 2.69. The van der Waals surface area contributed by atoms with Crippen molar-refractivity contribution < 1.29 is 27.6 Å². The van der Waals surface area contributed by atoms with Gasteiger partial charge >= 0.3 is 7.12 Å². The minimum Gasteiger partial charge on any atom is -0.497 e. The normalized spacial score (nSPS) is 17.8. The number of rotatable bonds is 5. The van der Waals surface area contributed by atoms with E-state index in [1.807, 2.05) is 27.7 Å². The Balaban J connectivity index is 1.75. The van der Waals surface area contributed by atoms with Crippen LogP contribution in [0.5, 0.6) is 11.5 Å². The van der Waals surface area contributed by atoms with Crippen LogP contribution in [0.1, 0.15) is 33.3 Å². The first-order chi connectivity index (χ1) is 12.6. The van der Waals surface area contributed by atoms with Crippen molar-refractivity contribution in [2.45, 2.75) is 45.5 Å². The maximum atomic E-state index is 14.6. The zero-order valence-electron chi connectivity index (χ0n) is 16.1. The van der Waals surface area contributed by atoms with Gasteiger partial charge in [-0.25, -0.2) is 4.39 Å². The number of hydrogen-bond donors (Lipinski definition) is 0. The van der Waals surface area contributed by atoms with E-state index < -0.39 is 30.0 Å². The van der Waals surface area contributed by atoms with Gasteiger partial charge in [0.25, 0.3) is 0 Å².